The SMILES string of the molecule is C=Cc1ccc(C(=O)O)cc1O. The molecule has 0 radical (unpaired) electrons. The first kappa shape index (κ1) is 8.33. The van der Waals surface area contributed by atoms with Crippen LogP contribution in [-0.2, 0) is 0 Å². The minimum Gasteiger partial charge on any atom is -0.507 e. The molecule has 0 spiro atoms. The fourth-order valence-electron chi connectivity index (χ4n) is 0.849. The third-order valence-corrected chi connectivity index (χ3v) is 1.50. The lowest BCUT2D eigenvalue weighted by Gasteiger charge is -1.99. The van der Waals surface area contributed by atoms with Gasteiger partial charge in [0, 0.05) is 5.56 Å². The van der Waals surface area contributed by atoms with Gasteiger partial charge >= 0.3 is 5.97 Å². The van der Waals surface area contributed by atoms with Crippen LogP contribution in [-0.4, -0.2) is 16.2 Å². The van der Waals surface area contributed by atoms with Crippen LogP contribution in [0.15, 0.2) is 24.8 Å². The van der Waals surface area contributed by atoms with Crippen molar-refractivity contribution in [1.29, 1.82) is 0 Å². The fraction of sp³-hybridized carbons (Fsp3) is 0. The van der Waals surface area contributed by atoms with E-state index in [1.165, 1.54) is 24.3 Å². The van der Waals surface area contributed by atoms with E-state index in [2.05, 4.69) is 6.58 Å². The number of benzene rings is 1. The van der Waals surface area contributed by atoms with Gasteiger partial charge in [-0.2, -0.15) is 0 Å². The molecule has 12 heavy (non-hydrogen) atoms. The molecule has 0 unspecified atom stereocenters. The minimum absolute atomic E-state index is 0.0649. The quantitative estimate of drug-likeness (QED) is 0.699. The Bertz CT molecular complexity index is 329. The second-order valence-corrected chi connectivity index (χ2v) is 2.28. The van der Waals surface area contributed by atoms with Crippen molar-refractivity contribution in [3.63, 3.8) is 0 Å². The van der Waals surface area contributed by atoms with Gasteiger partial charge in [0.1, 0.15) is 5.75 Å². The number of hydrogen-bond donors (Lipinski definition) is 2. The monoisotopic (exact) mass is 164 g/mol. The van der Waals surface area contributed by atoms with Crippen molar-refractivity contribution in [2.45, 2.75) is 0 Å². The van der Waals surface area contributed by atoms with Gasteiger partial charge in [-0.25, -0.2) is 4.79 Å². The average molecular weight is 164 g/mol. The predicted molar refractivity (Wildman–Crippen MR) is 45.2 cm³/mol. The lowest BCUT2D eigenvalue weighted by atomic mass is 10.1. The number of phenolic OH excluding ortho intramolecular Hbond substituents is 1. The zero-order valence-corrected chi connectivity index (χ0v) is 6.32. The molecule has 0 atom stereocenters. The molecule has 0 aliphatic heterocycles. The van der Waals surface area contributed by atoms with Crippen molar-refractivity contribution >= 4 is 12.0 Å². The molecule has 62 valence electrons. The molecule has 3 nitrogen and oxygen atoms in total. The zero-order chi connectivity index (χ0) is 9.14. The summed E-state index contributed by atoms with van der Waals surface area (Å²) in [6.07, 6.45) is 1.46. The highest BCUT2D eigenvalue weighted by Crippen LogP contribution is 2.19. The summed E-state index contributed by atoms with van der Waals surface area (Å²) in [5.74, 6) is -1.12. The molecular weight excluding hydrogens is 156 g/mol. The first-order chi connectivity index (χ1) is 5.65. The van der Waals surface area contributed by atoms with E-state index in [0.29, 0.717) is 5.56 Å². The van der Waals surface area contributed by atoms with Crippen molar-refractivity contribution in [2.24, 2.45) is 0 Å². The highest BCUT2D eigenvalue weighted by molar-refractivity contribution is 5.88. The normalized spacial score (nSPS) is 9.33. The molecule has 0 aliphatic carbocycles. The standard InChI is InChI=1S/C9H8O3/c1-2-6-3-4-7(9(11)12)5-8(6)10/h2-5,10H,1H2,(H,11,12). The lowest BCUT2D eigenvalue weighted by Crippen LogP contribution is -1.95. The van der Waals surface area contributed by atoms with Crippen molar-refractivity contribution in [3.05, 3.63) is 35.9 Å². The van der Waals surface area contributed by atoms with Gasteiger partial charge in [0.25, 0.3) is 0 Å². The second kappa shape index (κ2) is 3.09. The van der Waals surface area contributed by atoms with Gasteiger partial charge in [0.15, 0.2) is 0 Å². The highest BCUT2D eigenvalue weighted by atomic mass is 16.4. The molecule has 3 heteroatoms. The maximum atomic E-state index is 10.4. The third-order valence-electron chi connectivity index (χ3n) is 1.50. The predicted octanol–water partition coefficient (Wildman–Crippen LogP) is 1.73. The Labute approximate surface area is 69.6 Å². The summed E-state index contributed by atoms with van der Waals surface area (Å²) in [6.45, 7) is 3.46. The Morgan fingerprint density at radius 3 is 2.58 bits per heavy atom. The van der Waals surface area contributed by atoms with E-state index in [1.807, 2.05) is 0 Å². The summed E-state index contributed by atoms with van der Waals surface area (Å²) in [6, 6.07) is 4.12. The summed E-state index contributed by atoms with van der Waals surface area (Å²) in [7, 11) is 0. The van der Waals surface area contributed by atoms with Crippen LogP contribution in [0, 0.1) is 0 Å². The fourth-order valence-corrected chi connectivity index (χ4v) is 0.849. The molecule has 2 N–H and O–H groups in total. The number of aromatic hydroxyl groups is 1. The molecule has 1 aromatic rings. The van der Waals surface area contributed by atoms with Crippen LogP contribution in [0.2, 0.25) is 0 Å². The minimum atomic E-state index is -1.05. The van der Waals surface area contributed by atoms with E-state index in [4.69, 9.17) is 5.11 Å². The van der Waals surface area contributed by atoms with Gasteiger partial charge in [-0.15, -0.1) is 0 Å². The van der Waals surface area contributed by atoms with Crippen LogP contribution in [0.4, 0.5) is 0 Å². The Hall–Kier alpha value is -1.77. The molecule has 0 saturated carbocycles. The smallest absolute Gasteiger partial charge is 0.335 e. The summed E-state index contributed by atoms with van der Waals surface area (Å²) < 4.78 is 0. The van der Waals surface area contributed by atoms with Crippen molar-refractivity contribution < 1.29 is 15.0 Å². The Balaban J connectivity index is 3.18. The van der Waals surface area contributed by atoms with E-state index >= 15 is 0 Å². The van der Waals surface area contributed by atoms with Crippen LogP contribution >= 0.6 is 0 Å². The van der Waals surface area contributed by atoms with Crippen LogP contribution in [0.5, 0.6) is 5.75 Å². The number of aromatic carboxylic acids is 1. The number of carboxylic acids is 1. The molecule has 1 aromatic carbocycles. The molecule has 0 aliphatic rings. The van der Waals surface area contributed by atoms with E-state index in [9.17, 15) is 9.90 Å². The van der Waals surface area contributed by atoms with Gasteiger partial charge in [0.05, 0.1) is 5.56 Å². The van der Waals surface area contributed by atoms with Crippen molar-refractivity contribution in [2.75, 3.05) is 0 Å². The van der Waals surface area contributed by atoms with E-state index in [1.54, 1.807) is 0 Å². The van der Waals surface area contributed by atoms with Gasteiger partial charge in [-0.05, 0) is 12.1 Å². The zero-order valence-electron chi connectivity index (χ0n) is 6.32. The lowest BCUT2D eigenvalue weighted by molar-refractivity contribution is 0.0696. The molecular formula is C9H8O3. The van der Waals surface area contributed by atoms with Crippen LogP contribution in [0.25, 0.3) is 6.08 Å². The summed E-state index contributed by atoms with van der Waals surface area (Å²) in [5.41, 5.74) is 0.595. The van der Waals surface area contributed by atoms with Gasteiger partial charge < -0.3 is 10.2 Å². The highest BCUT2D eigenvalue weighted by Gasteiger charge is 2.04. The van der Waals surface area contributed by atoms with E-state index in [0.717, 1.165) is 0 Å². The van der Waals surface area contributed by atoms with E-state index < -0.39 is 5.97 Å². The van der Waals surface area contributed by atoms with E-state index in [-0.39, 0.29) is 11.3 Å². The van der Waals surface area contributed by atoms with Crippen LogP contribution in [0.3, 0.4) is 0 Å². The number of carboxylic acid groups (broad SMARTS) is 1. The number of rotatable bonds is 2. The second-order valence-electron chi connectivity index (χ2n) is 2.28. The first-order valence-corrected chi connectivity index (χ1v) is 3.34. The largest absolute Gasteiger partial charge is 0.507 e. The molecule has 0 fully saturated rings. The maximum absolute atomic E-state index is 10.4. The van der Waals surface area contributed by atoms with Gasteiger partial charge in [-0.1, -0.05) is 18.7 Å². The van der Waals surface area contributed by atoms with Crippen molar-refractivity contribution in [1.82, 2.24) is 0 Å². The molecule has 0 bridgehead atoms. The first-order valence-electron chi connectivity index (χ1n) is 3.34. The molecule has 0 aromatic heterocycles. The summed E-state index contributed by atoms with van der Waals surface area (Å²) in [4.78, 5) is 10.4. The molecule has 0 heterocycles. The Kier molecular flexibility index (Phi) is 2.14. The molecule has 0 amide bonds. The van der Waals surface area contributed by atoms with Gasteiger partial charge in [-0.3, -0.25) is 0 Å². The maximum Gasteiger partial charge on any atom is 0.335 e. The Morgan fingerprint density at radius 2 is 2.17 bits per heavy atom. The molecule has 0 saturated heterocycles. The molecule has 1 rings (SSSR count). The topological polar surface area (TPSA) is 57.5 Å². The van der Waals surface area contributed by atoms with Crippen LogP contribution < -0.4 is 0 Å². The average Bonchev–Trinajstić information content (AvgIpc) is 2.04. The third kappa shape index (κ3) is 1.45. The summed E-state index contributed by atoms with van der Waals surface area (Å²) in [5, 5.41) is 17.7. The number of phenols is 1. The number of hydrogen-bond acceptors (Lipinski definition) is 2. The summed E-state index contributed by atoms with van der Waals surface area (Å²) >= 11 is 0. The number of carbonyl (C=O) groups is 1. The van der Waals surface area contributed by atoms with Gasteiger partial charge in [0.2, 0.25) is 0 Å². The van der Waals surface area contributed by atoms with Crippen LogP contribution in [0.1, 0.15) is 15.9 Å². The van der Waals surface area contributed by atoms with Crippen molar-refractivity contribution in [3.8, 4) is 5.75 Å². The Morgan fingerprint density at radius 1 is 1.50 bits per heavy atom.